The summed E-state index contributed by atoms with van der Waals surface area (Å²) in [5.74, 6) is -0.874. The van der Waals surface area contributed by atoms with E-state index in [0.29, 0.717) is 11.1 Å². The van der Waals surface area contributed by atoms with Crippen LogP contribution in [-0.2, 0) is 6.18 Å². The number of nitrogens with zero attached hydrogens (tertiary/aromatic N) is 5. The first-order valence-corrected chi connectivity index (χ1v) is 8.07. The lowest BCUT2D eigenvalue weighted by Gasteiger charge is -2.08. The van der Waals surface area contributed by atoms with E-state index in [0.717, 1.165) is 16.9 Å². The molecule has 0 atom stereocenters. The third-order valence-electron chi connectivity index (χ3n) is 3.48. The maximum Gasteiger partial charge on any atom is 0.438 e. The quantitative estimate of drug-likeness (QED) is 0.376. The Morgan fingerprint density at radius 3 is 2.36 bits per heavy atom. The number of alkyl halides is 3. The second kappa shape index (κ2) is 7.17. The smallest absolute Gasteiger partial charge is 0.409 e. The molecule has 1 N–H and O–H groups in total. The Kier molecular flexibility index (Phi) is 5.04. The molecular formula is C15H8Cl2F3N5O3. The maximum atomic E-state index is 13.0. The molecule has 0 unspecified atom stereocenters. The van der Waals surface area contributed by atoms with Gasteiger partial charge in [-0.3, -0.25) is 0 Å². The van der Waals surface area contributed by atoms with Gasteiger partial charge < -0.3 is 15.3 Å². The molecule has 3 rings (SSSR count). The number of halogens is 5. The van der Waals surface area contributed by atoms with E-state index in [2.05, 4.69) is 10.1 Å². The molecule has 0 saturated carbocycles. The summed E-state index contributed by atoms with van der Waals surface area (Å²) in [4.78, 5) is 15.1. The van der Waals surface area contributed by atoms with Gasteiger partial charge in [-0.2, -0.15) is 13.2 Å². The third-order valence-corrected chi connectivity index (χ3v) is 4.06. The summed E-state index contributed by atoms with van der Waals surface area (Å²) < 4.78 is 39.0. The van der Waals surface area contributed by atoms with E-state index < -0.39 is 33.0 Å². The van der Waals surface area contributed by atoms with Gasteiger partial charge in [0.05, 0.1) is 21.4 Å². The minimum absolute atomic E-state index is 0.198. The number of hydrogen-bond donors (Lipinski definition) is 1. The molecule has 0 radical (unpaired) electrons. The first kappa shape index (κ1) is 19.7. The Morgan fingerprint density at radius 1 is 1.14 bits per heavy atom. The Hall–Kier alpha value is -3.05. The number of rotatable bonds is 3. The van der Waals surface area contributed by atoms with Crippen molar-refractivity contribution in [3.05, 3.63) is 73.7 Å². The number of benzene rings is 2. The number of aromatic nitrogens is 3. The van der Waals surface area contributed by atoms with E-state index in [4.69, 9.17) is 23.2 Å². The van der Waals surface area contributed by atoms with E-state index in [-0.39, 0.29) is 16.2 Å². The van der Waals surface area contributed by atoms with E-state index in [1.807, 2.05) is 0 Å². The molecule has 0 aliphatic heterocycles. The van der Waals surface area contributed by atoms with Crippen LogP contribution in [0.1, 0.15) is 5.56 Å². The van der Waals surface area contributed by atoms with Crippen LogP contribution in [0.5, 0.6) is 0 Å². The highest BCUT2D eigenvalue weighted by molar-refractivity contribution is 6.31. The van der Waals surface area contributed by atoms with Crippen molar-refractivity contribution < 1.29 is 23.3 Å². The molecule has 0 amide bonds. The fraction of sp³-hybridized carbons (Fsp3) is 0.0667. The highest BCUT2D eigenvalue weighted by atomic mass is 35.5. The molecule has 0 aliphatic carbocycles. The van der Waals surface area contributed by atoms with Crippen LogP contribution in [-0.4, -0.2) is 24.9 Å². The van der Waals surface area contributed by atoms with Crippen molar-refractivity contribution in [3.8, 4) is 5.69 Å². The van der Waals surface area contributed by atoms with Gasteiger partial charge in [0, 0.05) is 5.02 Å². The molecule has 8 nitrogen and oxygen atoms in total. The molecule has 0 bridgehead atoms. The van der Waals surface area contributed by atoms with Crippen molar-refractivity contribution in [1.82, 2.24) is 14.7 Å². The van der Waals surface area contributed by atoms with Crippen LogP contribution in [0.3, 0.4) is 0 Å². The van der Waals surface area contributed by atoms with Crippen LogP contribution in [0.15, 0.2) is 47.5 Å². The van der Waals surface area contributed by atoms with Gasteiger partial charge in [-0.05, 0) is 52.2 Å². The van der Waals surface area contributed by atoms with Gasteiger partial charge in [-0.1, -0.05) is 28.0 Å². The number of hydrogen-bond acceptors (Lipinski definition) is 5. The molecule has 13 heteroatoms. The van der Waals surface area contributed by atoms with Gasteiger partial charge in [0.2, 0.25) is 0 Å². The zero-order valence-corrected chi connectivity index (χ0v) is 14.9. The second-order valence-electron chi connectivity index (χ2n) is 5.33. The Balaban J connectivity index is 2.22. The van der Waals surface area contributed by atoms with Crippen LogP contribution in [0.2, 0.25) is 10.0 Å². The molecule has 0 spiro atoms. The molecule has 3 aromatic rings. The van der Waals surface area contributed by atoms with Gasteiger partial charge in [-0.25, -0.2) is 4.99 Å². The largest absolute Gasteiger partial charge is 0.438 e. The Bertz CT molecular complexity index is 1120. The molecule has 0 saturated heterocycles. The average Bonchev–Trinajstić information content (AvgIpc) is 2.93. The summed E-state index contributed by atoms with van der Waals surface area (Å²) in [5, 5.41) is 25.0. The van der Waals surface area contributed by atoms with E-state index in [1.54, 1.807) is 0 Å². The zero-order valence-electron chi connectivity index (χ0n) is 13.4. The summed E-state index contributed by atoms with van der Waals surface area (Å²) in [7, 11) is 0. The monoisotopic (exact) mass is 433 g/mol. The van der Waals surface area contributed by atoms with Crippen LogP contribution >= 0.6 is 23.2 Å². The van der Waals surface area contributed by atoms with E-state index >= 15 is 0 Å². The first-order valence-electron chi connectivity index (χ1n) is 7.31. The molecule has 0 aliphatic rings. The van der Waals surface area contributed by atoms with Crippen LogP contribution in [0.4, 0.5) is 24.7 Å². The minimum atomic E-state index is -4.75. The van der Waals surface area contributed by atoms with Crippen LogP contribution in [0, 0.1) is 10.1 Å². The molecule has 1 heterocycles. The first-order chi connectivity index (χ1) is 13.1. The lowest BCUT2D eigenvalue weighted by molar-refractivity contribution is -0.391. The van der Waals surface area contributed by atoms with Gasteiger partial charge in [-0.15, -0.1) is 0 Å². The van der Waals surface area contributed by atoms with Crippen molar-refractivity contribution in [3.63, 3.8) is 0 Å². The minimum Gasteiger partial charge on any atom is -0.409 e. The number of nitro groups is 1. The molecular weight excluding hydrogens is 426 g/mol. The third kappa shape index (κ3) is 3.80. The zero-order chi connectivity index (χ0) is 20.6. The standard InChI is InChI=1S/C15H8Cl2F3N5O3/c16-8-1-4-10(5-2-8)23-22-14(25(27)28)13(24(23)26)21-9-3-6-12(17)11(7-9)15(18,19)20/h1-7,26H. The summed E-state index contributed by atoms with van der Waals surface area (Å²) in [5.41, 5.74) is -1.98. The SMILES string of the molecule is O=[N+]([O-])c1nn(-c2ccc(Cl)cc2)n(O)c1=Nc1ccc(Cl)c(C(F)(F)F)c1. The highest BCUT2D eigenvalue weighted by Gasteiger charge is 2.33. The van der Waals surface area contributed by atoms with Gasteiger partial charge in [0.1, 0.15) is 5.69 Å². The maximum absolute atomic E-state index is 13.0. The average molecular weight is 434 g/mol. The second-order valence-corrected chi connectivity index (χ2v) is 6.18. The normalized spacial score (nSPS) is 12.4. The van der Waals surface area contributed by atoms with E-state index in [1.165, 1.54) is 24.3 Å². The Morgan fingerprint density at radius 2 is 1.79 bits per heavy atom. The van der Waals surface area contributed by atoms with Crippen LogP contribution < -0.4 is 5.49 Å². The van der Waals surface area contributed by atoms with Crippen molar-refractivity contribution in [2.45, 2.75) is 6.18 Å². The highest BCUT2D eigenvalue weighted by Crippen LogP contribution is 2.36. The molecule has 28 heavy (non-hydrogen) atoms. The fourth-order valence-electron chi connectivity index (χ4n) is 2.23. The van der Waals surface area contributed by atoms with Crippen LogP contribution in [0.25, 0.3) is 5.69 Å². The van der Waals surface area contributed by atoms with Crippen molar-refractivity contribution in [2.24, 2.45) is 4.99 Å². The van der Waals surface area contributed by atoms with Crippen molar-refractivity contribution in [2.75, 3.05) is 0 Å². The van der Waals surface area contributed by atoms with Gasteiger partial charge >= 0.3 is 12.0 Å². The Labute approximate surface area is 163 Å². The fourth-order valence-corrected chi connectivity index (χ4v) is 2.58. The molecule has 1 aromatic heterocycles. The summed E-state index contributed by atoms with van der Waals surface area (Å²) in [6, 6.07) is 8.40. The summed E-state index contributed by atoms with van der Waals surface area (Å²) in [6.45, 7) is 0. The van der Waals surface area contributed by atoms with Crippen molar-refractivity contribution in [1.29, 1.82) is 0 Å². The summed E-state index contributed by atoms with van der Waals surface area (Å²) >= 11 is 11.3. The molecule has 2 aromatic carbocycles. The lowest BCUT2D eigenvalue weighted by Crippen LogP contribution is -2.22. The topological polar surface area (TPSA) is 98.5 Å². The van der Waals surface area contributed by atoms with E-state index in [9.17, 15) is 28.5 Å². The predicted octanol–water partition coefficient (Wildman–Crippen LogP) is 4.38. The van der Waals surface area contributed by atoms with Crippen molar-refractivity contribution >= 4 is 34.7 Å². The van der Waals surface area contributed by atoms with Gasteiger partial charge in [0.25, 0.3) is 5.49 Å². The lowest BCUT2D eigenvalue weighted by atomic mass is 10.2. The molecule has 0 fully saturated rings. The predicted molar refractivity (Wildman–Crippen MR) is 92.1 cm³/mol. The summed E-state index contributed by atoms with van der Waals surface area (Å²) in [6.07, 6.45) is -4.75. The molecule has 146 valence electrons. The van der Waals surface area contributed by atoms with Gasteiger partial charge in [0.15, 0.2) is 0 Å².